The van der Waals surface area contributed by atoms with Crippen molar-refractivity contribution in [1.29, 1.82) is 0 Å². The van der Waals surface area contributed by atoms with Gasteiger partial charge < -0.3 is 4.57 Å². The molecule has 0 bridgehead atoms. The van der Waals surface area contributed by atoms with E-state index in [1.807, 2.05) is 29.0 Å². The van der Waals surface area contributed by atoms with Gasteiger partial charge in [0, 0.05) is 12.1 Å². The number of hydrogen-bond acceptors (Lipinski definition) is 5. The van der Waals surface area contributed by atoms with E-state index < -0.39 is 16.9 Å². The molecule has 3 aromatic rings. The number of thioether (sulfide) groups is 1. The van der Waals surface area contributed by atoms with Crippen molar-refractivity contribution in [2.45, 2.75) is 30.8 Å². The first kappa shape index (κ1) is 17.8. The topological polar surface area (TPSA) is 47.8 Å². The molecular weight excluding hydrogens is 364 g/mol. The first-order valence-corrected chi connectivity index (χ1v) is 9.40. The summed E-state index contributed by atoms with van der Waals surface area (Å²) in [5.74, 6) is -1.53. The number of aromatic nitrogens is 3. The molecule has 130 valence electrons. The Morgan fingerprint density at radius 1 is 1.28 bits per heavy atom. The second-order valence-electron chi connectivity index (χ2n) is 5.28. The number of benzene rings is 1. The van der Waals surface area contributed by atoms with Crippen molar-refractivity contribution >= 4 is 28.9 Å². The highest BCUT2D eigenvalue weighted by Crippen LogP contribution is 2.30. The molecule has 2 aromatic heterocycles. The Balaban J connectivity index is 1.82. The molecule has 3 rings (SSSR count). The zero-order valence-corrected chi connectivity index (χ0v) is 15.2. The van der Waals surface area contributed by atoms with E-state index in [4.69, 9.17) is 0 Å². The molecule has 0 aliphatic heterocycles. The summed E-state index contributed by atoms with van der Waals surface area (Å²) in [6.45, 7) is 4.36. The van der Waals surface area contributed by atoms with Gasteiger partial charge in [-0.25, -0.2) is 8.78 Å². The molecule has 1 aromatic carbocycles. The maximum Gasteiger partial charge on any atom is 0.192 e. The number of carbonyl (C=O) groups is 1. The van der Waals surface area contributed by atoms with Crippen molar-refractivity contribution < 1.29 is 13.6 Å². The van der Waals surface area contributed by atoms with E-state index in [0.29, 0.717) is 11.7 Å². The highest BCUT2D eigenvalue weighted by Gasteiger charge is 2.22. The summed E-state index contributed by atoms with van der Waals surface area (Å²) < 4.78 is 28.3. The van der Waals surface area contributed by atoms with Crippen LogP contribution in [0.5, 0.6) is 0 Å². The van der Waals surface area contributed by atoms with E-state index in [9.17, 15) is 13.6 Å². The smallest absolute Gasteiger partial charge is 0.192 e. The third kappa shape index (κ3) is 3.64. The molecule has 0 unspecified atom stereocenters. The second-order valence-corrected chi connectivity index (χ2v) is 7.54. The van der Waals surface area contributed by atoms with E-state index in [1.54, 1.807) is 18.3 Å². The lowest BCUT2D eigenvalue weighted by molar-refractivity contribution is 0.0993. The molecule has 2 heterocycles. The maximum atomic E-state index is 13.3. The lowest BCUT2D eigenvalue weighted by atomic mass is 10.1. The van der Waals surface area contributed by atoms with Crippen LogP contribution in [0, 0.1) is 11.6 Å². The van der Waals surface area contributed by atoms with Gasteiger partial charge in [0.05, 0.1) is 10.1 Å². The molecular formula is C17H15F2N3OS2. The summed E-state index contributed by atoms with van der Waals surface area (Å²) in [6.07, 6.45) is 0. The fourth-order valence-electron chi connectivity index (χ4n) is 2.34. The van der Waals surface area contributed by atoms with Gasteiger partial charge in [-0.15, -0.1) is 21.5 Å². The standard InChI is InChI=1S/C17H15F2N3OS2/c1-3-22-16(14-5-4-8-24-14)20-21-17(22)25-10(2)15(23)11-6-7-12(18)13(19)9-11/h4-10H,3H2,1-2H3/t10-/m0/s1. The van der Waals surface area contributed by atoms with Crippen molar-refractivity contribution in [2.24, 2.45) is 0 Å². The molecule has 0 saturated heterocycles. The predicted octanol–water partition coefficient (Wildman–Crippen LogP) is 4.67. The Morgan fingerprint density at radius 3 is 2.72 bits per heavy atom. The van der Waals surface area contributed by atoms with Gasteiger partial charge in [-0.2, -0.15) is 0 Å². The number of carbonyl (C=O) groups excluding carboxylic acids is 1. The van der Waals surface area contributed by atoms with Crippen LogP contribution in [0.1, 0.15) is 24.2 Å². The number of thiophene rings is 1. The minimum atomic E-state index is -1.03. The summed E-state index contributed by atoms with van der Waals surface area (Å²) in [4.78, 5) is 13.5. The molecule has 0 saturated carbocycles. The van der Waals surface area contributed by atoms with Crippen LogP contribution in [-0.2, 0) is 6.54 Å². The van der Waals surface area contributed by atoms with Crippen LogP contribution in [0.4, 0.5) is 8.78 Å². The summed E-state index contributed by atoms with van der Waals surface area (Å²) in [7, 11) is 0. The number of nitrogens with zero attached hydrogens (tertiary/aromatic N) is 3. The number of hydrogen-bond donors (Lipinski definition) is 0. The van der Waals surface area contributed by atoms with E-state index in [-0.39, 0.29) is 11.3 Å². The van der Waals surface area contributed by atoms with Crippen LogP contribution in [0.25, 0.3) is 10.7 Å². The average molecular weight is 379 g/mol. The van der Waals surface area contributed by atoms with Crippen molar-refractivity contribution in [3.05, 3.63) is 52.9 Å². The van der Waals surface area contributed by atoms with Crippen LogP contribution in [-0.4, -0.2) is 25.8 Å². The summed E-state index contributed by atoms with van der Waals surface area (Å²) in [6, 6.07) is 7.08. The van der Waals surface area contributed by atoms with Crippen LogP contribution in [0.15, 0.2) is 40.9 Å². The van der Waals surface area contributed by atoms with Gasteiger partial charge in [0.25, 0.3) is 0 Å². The Hall–Kier alpha value is -2.06. The van der Waals surface area contributed by atoms with Gasteiger partial charge in [0.2, 0.25) is 0 Å². The largest absolute Gasteiger partial charge is 0.302 e. The Morgan fingerprint density at radius 2 is 2.08 bits per heavy atom. The first-order chi connectivity index (χ1) is 12.0. The average Bonchev–Trinajstić information content (AvgIpc) is 3.25. The molecule has 0 aliphatic carbocycles. The van der Waals surface area contributed by atoms with E-state index in [0.717, 1.165) is 22.8 Å². The molecule has 8 heteroatoms. The van der Waals surface area contributed by atoms with Crippen LogP contribution in [0.3, 0.4) is 0 Å². The van der Waals surface area contributed by atoms with Gasteiger partial charge >= 0.3 is 0 Å². The third-order valence-electron chi connectivity index (χ3n) is 3.63. The predicted molar refractivity (Wildman–Crippen MR) is 95.0 cm³/mol. The van der Waals surface area contributed by atoms with Gasteiger partial charge in [0.1, 0.15) is 0 Å². The first-order valence-electron chi connectivity index (χ1n) is 7.64. The molecule has 0 fully saturated rings. The SMILES string of the molecule is CCn1c(S[C@@H](C)C(=O)c2ccc(F)c(F)c2)nnc1-c1cccs1. The van der Waals surface area contributed by atoms with Gasteiger partial charge in [-0.05, 0) is 43.5 Å². The quantitative estimate of drug-likeness (QED) is 0.461. The number of ketones is 1. The minimum Gasteiger partial charge on any atom is -0.302 e. The molecule has 1 atom stereocenters. The minimum absolute atomic E-state index is 0.139. The number of halogens is 2. The summed E-state index contributed by atoms with van der Waals surface area (Å²) in [5.41, 5.74) is 0.139. The van der Waals surface area contributed by atoms with E-state index in [1.165, 1.54) is 17.8 Å². The molecule has 4 nitrogen and oxygen atoms in total. The Bertz CT molecular complexity index is 893. The lowest BCUT2D eigenvalue weighted by Crippen LogP contribution is -2.15. The molecule has 25 heavy (non-hydrogen) atoms. The van der Waals surface area contributed by atoms with Gasteiger partial charge in [-0.3, -0.25) is 4.79 Å². The van der Waals surface area contributed by atoms with Crippen molar-refractivity contribution in [3.8, 4) is 10.7 Å². The molecule has 0 amide bonds. The number of Topliss-reactive ketones (excluding diaryl/α,β-unsaturated/α-hetero) is 1. The van der Waals surface area contributed by atoms with E-state index in [2.05, 4.69) is 10.2 Å². The van der Waals surface area contributed by atoms with Crippen molar-refractivity contribution in [3.63, 3.8) is 0 Å². The molecule has 0 aliphatic rings. The Kier molecular flexibility index (Phi) is 5.29. The molecule has 0 N–H and O–H groups in total. The van der Waals surface area contributed by atoms with E-state index >= 15 is 0 Å². The molecule has 0 radical (unpaired) electrons. The van der Waals surface area contributed by atoms with Crippen molar-refractivity contribution in [2.75, 3.05) is 0 Å². The summed E-state index contributed by atoms with van der Waals surface area (Å²) in [5, 5.41) is 10.5. The lowest BCUT2D eigenvalue weighted by Gasteiger charge is -2.11. The van der Waals surface area contributed by atoms with Crippen LogP contribution in [0.2, 0.25) is 0 Å². The van der Waals surface area contributed by atoms with Crippen LogP contribution >= 0.6 is 23.1 Å². The second kappa shape index (κ2) is 7.45. The Labute approximate surface area is 151 Å². The fraction of sp³-hybridized carbons (Fsp3) is 0.235. The highest BCUT2D eigenvalue weighted by molar-refractivity contribution is 8.00. The maximum absolute atomic E-state index is 13.3. The van der Waals surface area contributed by atoms with Crippen LogP contribution < -0.4 is 0 Å². The zero-order valence-electron chi connectivity index (χ0n) is 13.6. The van der Waals surface area contributed by atoms with Gasteiger partial charge in [-0.1, -0.05) is 17.8 Å². The van der Waals surface area contributed by atoms with Crippen molar-refractivity contribution in [1.82, 2.24) is 14.8 Å². The fourth-order valence-corrected chi connectivity index (χ4v) is 4.05. The van der Waals surface area contributed by atoms with Gasteiger partial charge in [0.15, 0.2) is 28.4 Å². The normalized spacial score (nSPS) is 12.3. The zero-order chi connectivity index (χ0) is 18.0. The molecule has 0 spiro atoms. The monoisotopic (exact) mass is 379 g/mol. The summed E-state index contributed by atoms with van der Waals surface area (Å²) >= 11 is 2.82. The highest BCUT2D eigenvalue weighted by atomic mass is 32.2. The number of rotatable bonds is 6. The third-order valence-corrected chi connectivity index (χ3v) is 5.58.